The molecule has 1 unspecified atom stereocenters. The van der Waals surface area contributed by atoms with Crippen LogP contribution in [0.2, 0.25) is 5.02 Å². The summed E-state index contributed by atoms with van der Waals surface area (Å²) in [7, 11) is 0. The molecular formula is C15H20ClNO. The molecule has 1 atom stereocenters. The van der Waals surface area contributed by atoms with Crippen molar-refractivity contribution in [3.63, 3.8) is 0 Å². The van der Waals surface area contributed by atoms with Crippen LogP contribution in [0.25, 0.3) is 0 Å². The van der Waals surface area contributed by atoms with Gasteiger partial charge >= 0.3 is 0 Å². The van der Waals surface area contributed by atoms with Crippen LogP contribution in [0.4, 0.5) is 0 Å². The zero-order valence-electron chi connectivity index (χ0n) is 11.1. The quantitative estimate of drug-likeness (QED) is 0.843. The van der Waals surface area contributed by atoms with Crippen LogP contribution in [0.1, 0.15) is 42.1 Å². The topological polar surface area (TPSA) is 29.1 Å². The van der Waals surface area contributed by atoms with Gasteiger partial charge in [-0.2, -0.15) is 0 Å². The van der Waals surface area contributed by atoms with Crippen LogP contribution < -0.4 is 5.32 Å². The SMILES string of the molecule is CCCC1(C(=O)c2ccc(Cl)c(C)c2)CCNC1. The Morgan fingerprint density at radius 2 is 2.28 bits per heavy atom. The maximum Gasteiger partial charge on any atom is 0.170 e. The second-order valence-electron chi connectivity index (χ2n) is 5.25. The minimum Gasteiger partial charge on any atom is -0.316 e. The van der Waals surface area contributed by atoms with E-state index in [2.05, 4.69) is 12.2 Å². The number of Topliss-reactive ketones (excluding diaryl/α,β-unsaturated/α-hetero) is 1. The highest BCUT2D eigenvalue weighted by molar-refractivity contribution is 6.31. The largest absolute Gasteiger partial charge is 0.316 e. The number of carbonyl (C=O) groups excluding carboxylic acids is 1. The zero-order valence-corrected chi connectivity index (χ0v) is 11.8. The maximum atomic E-state index is 12.7. The van der Waals surface area contributed by atoms with E-state index < -0.39 is 0 Å². The highest BCUT2D eigenvalue weighted by Gasteiger charge is 2.40. The van der Waals surface area contributed by atoms with E-state index >= 15 is 0 Å². The van der Waals surface area contributed by atoms with Gasteiger partial charge in [0.25, 0.3) is 0 Å². The Morgan fingerprint density at radius 3 is 2.83 bits per heavy atom. The normalized spacial score (nSPS) is 23.3. The van der Waals surface area contributed by atoms with Gasteiger partial charge in [0.15, 0.2) is 5.78 Å². The van der Waals surface area contributed by atoms with E-state index in [0.29, 0.717) is 0 Å². The van der Waals surface area contributed by atoms with Gasteiger partial charge in [0.05, 0.1) is 0 Å². The lowest BCUT2D eigenvalue weighted by Gasteiger charge is -2.26. The molecule has 0 amide bonds. The van der Waals surface area contributed by atoms with Crippen molar-refractivity contribution in [3.8, 4) is 0 Å². The number of ketones is 1. The fourth-order valence-corrected chi connectivity index (χ4v) is 2.95. The molecule has 0 saturated carbocycles. The molecule has 1 aliphatic rings. The predicted octanol–water partition coefficient (Wildman–Crippen LogP) is 3.61. The molecule has 1 aromatic rings. The molecule has 1 aliphatic heterocycles. The number of halogens is 1. The first kappa shape index (κ1) is 13.6. The summed E-state index contributed by atoms with van der Waals surface area (Å²) in [5.41, 5.74) is 1.57. The van der Waals surface area contributed by atoms with Gasteiger partial charge in [-0.05, 0) is 50.1 Å². The highest BCUT2D eigenvalue weighted by Crippen LogP contribution is 2.35. The molecule has 1 aromatic carbocycles. The van der Waals surface area contributed by atoms with Crippen LogP contribution in [0.15, 0.2) is 18.2 Å². The second kappa shape index (κ2) is 5.41. The Hall–Kier alpha value is -0.860. The van der Waals surface area contributed by atoms with Gasteiger partial charge < -0.3 is 5.32 Å². The standard InChI is InChI=1S/C15H20ClNO/c1-3-6-15(7-8-17-10-15)14(18)12-4-5-13(16)11(2)9-12/h4-5,9,17H,3,6-8,10H2,1-2H3. The van der Waals surface area contributed by atoms with Crippen LogP contribution in [0.5, 0.6) is 0 Å². The van der Waals surface area contributed by atoms with Crippen LogP contribution in [-0.4, -0.2) is 18.9 Å². The lowest BCUT2D eigenvalue weighted by Crippen LogP contribution is -2.33. The molecule has 2 rings (SSSR count). The van der Waals surface area contributed by atoms with Gasteiger partial charge in [0.2, 0.25) is 0 Å². The van der Waals surface area contributed by atoms with Gasteiger partial charge in [-0.3, -0.25) is 4.79 Å². The Kier molecular flexibility index (Phi) is 4.08. The van der Waals surface area contributed by atoms with Gasteiger partial charge in [-0.25, -0.2) is 0 Å². The van der Waals surface area contributed by atoms with Crippen molar-refractivity contribution in [3.05, 3.63) is 34.3 Å². The first-order valence-electron chi connectivity index (χ1n) is 6.61. The summed E-state index contributed by atoms with van der Waals surface area (Å²) in [6, 6.07) is 5.60. The van der Waals surface area contributed by atoms with E-state index in [-0.39, 0.29) is 11.2 Å². The van der Waals surface area contributed by atoms with Crippen molar-refractivity contribution >= 4 is 17.4 Å². The molecule has 2 nitrogen and oxygen atoms in total. The third-order valence-electron chi connectivity index (χ3n) is 3.87. The number of aryl methyl sites for hydroxylation is 1. The molecule has 0 aromatic heterocycles. The smallest absolute Gasteiger partial charge is 0.170 e. The summed E-state index contributed by atoms with van der Waals surface area (Å²) in [6.45, 7) is 5.83. The molecular weight excluding hydrogens is 246 g/mol. The zero-order chi connectivity index (χ0) is 13.2. The van der Waals surface area contributed by atoms with Crippen molar-refractivity contribution in [2.45, 2.75) is 33.1 Å². The third kappa shape index (κ3) is 2.45. The molecule has 1 N–H and O–H groups in total. The monoisotopic (exact) mass is 265 g/mol. The summed E-state index contributed by atoms with van der Waals surface area (Å²) in [5.74, 6) is 0.272. The van der Waals surface area contributed by atoms with E-state index in [9.17, 15) is 4.79 Å². The summed E-state index contributed by atoms with van der Waals surface area (Å²) < 4.78 is 0. The van der Waals surface area contributed by atoms with E-state index in [0.717, 1.165) is 48.5 Å². The lowest BCUT2D eigenvalue weighted by atomic mass is 9.76. The maximum absolute atomic E-state index is 12.7. The van der Waals surface area contributed by atoms with Crippen molar-refractivity contribution in [1.82, 2.24) is 5.32 Å². The molecule has 1 heterocycles. The van der Waals surface area contributed by atoms with Crippen LogP contribution in [-0.2, 0) is 0 Å². The molecule has 1 saturated heterocycles. The summed E-state index contributed by atoms with van der Waals surface area (Å²) >= 11 is 6.02. The van der Waals surface area contributed by atoms with Gasteiger partial charge in [-0.1, -0.05) is 24.9 Å². The third-order valence-corrected chi connectivity index (χ3v) is 4.30. The Balaban J connectivity index is 2.30. The number of rotatable bonds is 4. The minimum atomic E-state index is -0.199. The van der Waals surface area contributed by atoms with Crippen LogP contribution in [0, 0.1) is 12.3 Å². The van der Waals surface area contributed by atoms with Gasteiger partial charge in [0, 0.05) is 22.5 Å². The number of nitrogens with one attached hydrogen (secondary N) is 1. The average Bonchev–Trinajstić information content (AvgIpc) is 2.82. The molecule has 98 valence electrons. The summed E-state index contributed by atoms with van der Waals surface area (Å²) in [6.07, 6.45) is 2.95. The first-order valence-corrected chi connectivity index (χ1v) is 6.98. The van der Waals surface area contributed by atoms with Crippen LogP contribution >= 0.6 is 11.6 Å². The molecule has 0 bridgehead atoms. The van der Waals surface area contributed by atoms with Crippen LogP contribution in [0.3, 0.4) is 0 Å². The number of carbonyl (C=O) groups is 1. The van der Waals surface area contributed by atoms with Gasteiger partial charge in [-0.15, -0.1) is 0 Å². The minimum absolute atomic E-state index is 0.199. The van der Waals surface area contributed by atoms with Crippen molar-refractivity contribution < 1.29 is 4.79 Å². The molecule has 0 aliphatic carbocycles. The second-order valence-corrected chi connectivity index (χ2v) is 5.66. The van der Waals surface area contributed by atoms with Crippen molar-refractivity contribution in [2.24, 2.45) is 5.41 Å². The fraction of sp³-hybridized carbons (Fsp3) is 0.533. The number of hydrogen-bond donors (Lipinski definition) is 1. The Labute approximate surface area is 114 Å². The summed E-state index contributed by atoms with van der Waals surface area (Å²) in [5, 5.41) is 4.05. The van der Waals surface area contributed by atoms with E-state index in [4.69, 9.17) is 11.6 Å². The van der Waals surface area contributed by atoms with E-state index in [1.165, 1.54) is 0 Å². The fourth-order valence-electron chi connectivity index (χ4n) is 2.84. The number of hydrogen-bond acceptors (Lipinski definition) is 2. The highest BCUT2D eigenvalue weighted by atomic mass is 35.5. The number of benzene rings is 1. The predicted molar refractivity (Wildman–Crippen MR) is 75.3 cm³/mol. The van der Waals surface area contributed by atoms with E-state index in [1.807, 2.05) is 25.1 Å². The lowest BCUT2D eigenvalue weighted by molar-refractivity contribution is 0.0801. The molecule has 0 radical (unpaired) electrons. The van der Waals surface area contributed by atoms with Crippen molar-refractivity contribution in [1.29, 1.82) is 0 Å². The molecule has 3 heteroatoms. The Morgan fingerprint density at radius 1 is 1.50 bits per heavy atom. The van der Waals surface area contributed by atoms with Gasteiger partial charge in [0.1, 0.15) is 0 Å². The average molecular weight is 266 g/mol. The summed E-state index contributed by atoms with van der Waals surface area (Å²) in [4.78, 5) is 12.7. The van der Waals surface area contributed by atoms with Crippen molar-refractivity contribution in [2.75, 3.05) is 13.1 Å². The molecule has 0 spiro atoms. The Bertz CT molecular complexity index is 450. The first-order chi connectivity index (χ1) is 8.59. The molecule has 18 heavy (non-hydrogen) atoms. The molecule has 1 fully saturated rings. The van der Waals surface area contributed by atoms with E-state index in [1.54, 1.807) is 0 Å².